The molecule has 3 amide bonds. The van der Waals surface area contributed by atoms with E-state index in [9.17, 15) is 9.59 Å². The minimum Gasteiger partial charge on any atom is -0.493 e. The van der Waals surface area contributed by atoms with Gasteiger partial charge >= 0.3 is 6.03 Å². The minimum atomic E-state index is -1.03. The number of anilines is 1. The lowest BCUT2D eigenvalue weighted by molar-refractivity contribution is -0.123. The third-order valence-electron chi connectivity index (χ3n) is 7.31. The Morgan fingerprint density at radius 3 is 2.66 bits per heavy atom. The topological polar surface area (TPSA) is 93.2 Å². The van der Waals surface area contributed by atoms with E-state index in [1.165, 1.54) is 4.90 Å². The Labute approximate surface area is 222 Å². The van der Waals surface area contributed by atoms with Gasteiger partial charge in [0.1, 0.15) is 12.1 Å². The Morgan fingerprint density at radius 1 is 1.08 bits per heavy atom. The fourth-order valence-corrected chi connectivity index (χ4v) is 5.04. The van der Waals surface area contributed by atoms with Crippen molar-refractivity contribution in [3.8, 4) is 11.5 Å². The highest BCUT2D eigenvalue weighted by molar-refractivity contribution is 6.23. The first-order valence-electron chi connectivity index (χ1n) is 13.0. The number of amides is 3. The van der Waals surface area contributed by atoms with Crippen LogP contribution in [0.15, 0.2) is 54.7 Å². The predicted molar refractivity (Wildman–Crippen MR) is 145 cm³/mol. The summed E-state index contributed by atoms with van der Waals surface area (Å²) in [5, 5.41) is 4.45. The Balaban J connectivity index is 1.34. The van der Waals surface area contributed by atoms with Gasteiger partial charge in [-0.15, -0.1) is 0 Å². The van der Waals surface area contributed by atoms with Gasteiger partial charge in [-0.2, -0.15) is 0 Å². The summed E-state index contributed by atoms with van der Waals surface area (Å²) >= 11 is 0. The SMILES string of the molecule is COc1ccc(N2C(=O)N(Cc3ccnc4ccccc34)C(C)(C)C2=O)cc1OCCNC1CCOCC1. The molecule has 9 nitrogen and oxygen atoms in total. The molecule has 2 aromatic carbocycles. The van der Waals surface area contributed by atoms with Crippen molar-refractivity contribution >= 4 is 28.5 Å². The molecule has 200 valence electrons. The number of carbonyl (C=O) groups excluding carboxylic acids is 2. The molecule has 0 aliphatic carbocycles. The molecular weight excluding hydrogens is 484 g/mol. The maximum atomic E-state index is 13.7. The van der Waals surface area contributed by atoms with Crippen molar-refractivity contribution in [3.63, 3.8) is 0 Å². The van der Waals surface area contributed by atoms with E-state index in [0.29, 0.717) is 36.4 Å². The molecule has 1 N–H and O–H groups in total. The number of rotatable bonds is 9. The molecule has 0 unspecified atom stereocenters. The Morgan fingerprint density at radius 2 is 1.87 bits per heavy atom. The van der Waals surface area contributed by atoms with Crippen LogP contribution in [-0.4, -0.2) is 66.9 Å². The highest BCUT2D eigenvalue weighted by Gasteiger charge is 2.52. The van der Waals surface area contributed by atoms with Gasteiger partial charge in [0, 0.05) is 50.0 Å². The summed E-state index contributed by atoms with van der Waals surface area (Å²) in [6.45, 7) is 6.48. The summed E-state index contributed by atoms with van der Waals surface area (Å²) in [5.74, 6) is 0.729. The number of ether oxygens (including phenoxy) is 3. The van der Waals surface area contributed by atoms with Crippen LogP contribution in [-0.2, 0) is 16.1 Å². The number of benzene rings is 2. The van der Waals surface area contributed by atoms with Gasteiger partial charge in [-0.3, -0.25) is 9.78 Å². The summed E-state index contributed by atoms with van der Waals surface area (Å²) in [6.07, 6.45) is 3.70. The van der Waals surface area contributed by atoms with Crippen LogP contribution < -0.4 is 19.7 Å². The molecule has 3 aromatic rings. The molecule has 2 aliphatic rings. The maximum absolute atomic E-state index is 13.7. The Hall–Kier alpha value is -3.69. The van der Waals surface area contributed by atoms with E-state index in [1.807, 2.05) is 30.3 Å². The second-order valence-electron chi connectivity index (χ2n) is 10.1. The number of para-hydroxylation sites is 1. The van der Waals surface area contributed by atoms with Crippen molar-refractivity contribution in [3.05, 3.63) is 60.3 Å². The van der Waals surface area contributed by atoms with Crippen LogP contribution >= 0.6 is 0 Å². The summed E-state index contributed by atoms with van der Waals surface area (Å²) in [4.78, 5) is 34.5. The van der Waals surface area contributed by atoms with Crippen LogP contribution in [0.1, 0.15) is 32.3 Å². The number of hydrogen-bond donors (Lipinski definition) is 1. The molecule has 38 heavy (non-hydrogen) atoms. The zero-order valence-electron chi connectivity index (χ0n) is 22.1. The number of fused-ring (bicyclic) bond motifs is 1. The molecule has 0 spiro atoms. The second kappa shape index (κ2) is 11.0. The van der Waals surface area contributed by atoms with Gasteiger partial charge in [0.2, 0.25) is 0 Å². The largest absolute Gasteiger partial charge is 0.493 e. The first kappa shape index (κ1) is 25.9. The van der Waals surface area contributed by atoms with Gasteiger partial charge < -0.3 is 24.4 Å². The number of nitrogens with zero attached hydrogens (tertiary/aromatic N) is 3. The molecule has 1 aromatic heterocycles. The molecule has 0 saturated carbocycles. The lowest BCUT2D eigenvalue weighted by atomic mass is 10.0. The summed E-state index contributed by atoms with van der Waals surface area (Å²) in [5.41, 5.74) is 1.20. The zero-order chi connectivity index (χ0) is 26.7. The van der Waals surface area contributed by atoms with Crippen LogP contribution in [0.4, 0.5) is 10.5 Å². The predicted octanol–water partition coefficient (Wildman–Crippen LogP) is 4.14. The van der Waals surface area contributed by atoms with E-state index >= 15 is 0 Å². The summed E-state index contributed by atoms with van der Waals surface area (Å²) in [7, 11) is 1.57. The third-order valence-corrected chi connectivity index (χ3v) is 7.31. The average molecular weight is 519 g/mol. The molecule has 0 bridgehead atoms. The van der Waals surface area contributed by atoms with Crippen molar-refractivity contribution in [2.24, 2.45) is 0 Å². The van der Waals surface area contributed by atoms with Gasteiger partial charge in [-0.25, -0.2) is 9.69 Å². The van der Waals surface area contributed by atoms with Gasteiger partial charge in [0.05, 0.1) is 18.3 Å². The van der Waals surface area contributed by atoms with Crippen molar-refractivity contribution in [1.29, 1.82) is 0 Å². The van der Waals surface area contributed by atoms with Crippen LogP contribution in [0.2, 0.25) is 0 Å². The molecular formula is C29H34N4O5. The van der Waals surface area contributed by atoms with Crippen LogP contribution in [0, 0.1) is 0 Å². The van der Waals surface area contributed by atoms with Gasteiger partial charge in [-0.1, -0.05) is 18.2 Å². The highest BCUT2D eigenvalue weighted by atomic mass is 16.5. The summed E-state index contributed by atoms with van der Waals surface area (Å²) < 4.78 is 16.9. The van der Waals surface area contributed by atoms with E-state index in [4.69, 9.17) is 14.2 Å². The molecule has 0 atom stereocenters. The van der Waals surface area contributed by atoms with Gasteiger partial charge in [-0.05, 0) is 56.5 Å². The van der Waals surface area contributed by atoms with Crippen LogP contribution in [0.5, 0.6) is 11.5 Å². The molecule has 2 aliphatic heterocycles. The molecule has 2 saturated heterocycles. The van der Waals surface area contributed by atoms with Crippen molar-refractivity contribution in [1.82, 2.24) is 15.2 Å². The molecule has 9 heteroatoms. The van der Waals surface area contributed by atoms with E-state index < -0.39 is 5.54 Å². The van der Waals surface area contributed by atoms with Crippen LogP contribution in [0.25, 0.3) is 10.9 Å². The molecule has 5 rings (SSSR count). The second-order valence-corrected chi connectivity index (χ2v) is 10.1. The highest BCUT2D eigenvalue weighted by Crippen LogP contribution is 2.38. The van der Waals surface area contributed by atoms with Crippen LogP contribution in [0.3, 0.4) is 0 Å². The van der Waals surface area contributed by atoms with Crippen molar-refractivity contribution < 1.29 is 23.8 Å². The monoisotopic (exact) mass is 518 g/mol. The number of hydrogen-bond acceptors (Lipinski definition) is 7. The first-order valence-corrected chi connectivity index (χ1v) is 13.0. The lowest BCUT2D eigenvalue weighted by Gasteiger charge is -2.28. The standard InChI is InChI=1S/C29H34N4O5/c1-29(2)27(34)33(28(35)32(29)19-20-10-13-31-24-7-5-4-6-23(20)24)22-8-9-25(36-3)26(18-22)38-17-14-30-21-11-15-37-16-12-21/h4-10,13,18,21,30H,11-12,14-17,19H2,1-3H3. The number of pyridine rings is 1. The first-order chi connectivity index (χ1) is 18.4. The van der Waals surface area contributed by atoms with Gasteiger partial charge in [0.25, 0.3) is 5.91 Å². The number of urea groups is 1. The molecule has 2 fully saturated rings. The average Bonchev–Trinajstić information content (AvgIpc) is 3.10. The number of nitrogens with one attached hydrogen (secondary N) is 1. The lowest BCUT2D eigenvalue weighted by Crippen LogP contribution is -2.43. The third kappa shape index (κ3) is 5.04. The molecule has 3 heterocycles. The zero-order valence-corrected chi connectivity index (χ0v) is 22.1. The molecule has 0 radical (unpaired) electrons. The number of aromatic nitrogens is 1. The smallest absolute Gasteiger partial charge is 0.332 e. The van der Waals surface area contributed by atoms with Gasteiger partial charge in [0.15, 0.2) is 11.5 Å². The minimum absolute atomic E-state index is 0.286. The van der Waals surface area contributed by atoms with E-state index in [0.717, 1.165) is 42.5 Å². The number of carbonyl (C=O) groups is 2. The Kier molecular flexibility index (Phi) is 7.49. The maximum Gasteiger partial charge on any atom is 0.332 e. The Bertz CT molecular complexity index is 1320. The number of methoxy groups -OCH3 is 1. The number of imide groups is 1. The van der Waals surface area contributed by atoms with E-state index in [2.05, 4.69) is 10.3 Å². The summed E-state index contributed by atoms with van der Waals surface area (Å²) in [6, 6.07) is 14.9. The van der Waals surface area contributed by atoms with Crippen molar-refractivity contribution in [2.75, 3.05) is 38.4 Å². The normalized spacial score (nSPS) is 17.9. The fourth-order valence-electron chi connectivity index (χ4n) is 5.04. The van der Waals surface area contributed by atoms with Crippen molar-refractivity contribution in [2.45, 2.75) is 44.8 Å². The quantitative estimate of drug-likeness (QED) is 0.336. The van der Waals surface area contributed by atoms with E-state index in [1.54, 1.807) is 50.3 Å². The fraction of sp³-hybridized carbons (Fsp3) is 0.414. The van der Waals surface area contributed by atoms with E-state index in [-0.39, 0.29) is 18.5 Å².